The predicted octanol–water partition coefficient (Wildman–Crippen LogP) is 2.99. The van der Waals surface area contributed by atoms with E-state index in [1.807, 2.05) is 22.8 Å². The number of pyridine rings is 1. The molecule has 0 spiro atoms. The number of aromatic nitrogens is 1. The summed E-state index contributed by atoms with van der Waals surface area (Å²) < 4.78 is 12.7. The van der Waals surface area contributed by atoms with E-state index in [0.29, 0.717) is 42.3 Å². The summed E-state index contributed by atoms with van der Waals surface area (Å²) in [7, 11) is 0. The normalized spacial score (nSPS) is 20.0. The highest BCUT2D eigenvalue weighted by Crippen LogP contribution is 2.36. The van der Waals surface area contributed by atoms with Crippen LogP contribution in [0.15, 0.2) is 77.2 Å². The first-order chi connectivity index (χ1) is 17.5. The number of ether oxygens (including phenoxy) is 2. The lowest BCUT2D eigenvalue weighted by molar-refractivity contribution is -0.130. The van der Waals surface area contributed by atoms with Crippen LogP contribution in [-0.4, -0.2) is 41.2 Å². The summed E-state index contributed by atoms with van der Waals surface area (Å²) in [5, 5.41) is 2.84. The molecule has 2 atom stereocenters. The van der Waals surface area contributed by atoms with Crippen molar-refractivity contribution >= 4 is 17.9 Å². The Labute approximate surface area is 207 Å². The molecule has 3 aliphatic rings. The molecule has 3 aromatic rings. The number of nitrogens with zero attached hydrogens (tertiary/aromatic N) is 2. The fourth-order valence-electron chi connectivity index (χ4n) is 5.34. The quantitative estimate of drug-likeness (QED) is 0.577. The molecule has 4 heterocycles. The largest absolute Gasteiger partial charge is 0.454 e. The summed E-state index contributed by atoms with van der Waals surface area (Å²) in [4.78, 5) is 41.0. The molecule has 182 valence electrons. The number of nitrogens with one attached hydrogen (secondary N) is 1. The van der Waals surface area contributed by atoms with E-state index >= 15 is 0 Å². The molecule has 0 unspecified atom stereocenters. The van der Waals surface area contributed by atoms with Crippen LogP contribution >= 0.6 is 0 Å². The minimum Gasteiger partial charge on any atom is -0.454 e. The van der Waals surface area contributed by atoms with E-state index in [-0.39, 0.29) is 41.7 Å². The molecule has 1 aromatic heterocycles. The molecule has 2 bridgehead atoms. The second-order valence-electron chi connectivity index (χ2n) is 9.40. The highest BCUT2D eigenvalue weighted by Gasteiger charge is 2.37. The Balaban J connectivity index is 1.31. The van der Waals surface area contributed by atoms with Gasteiger partial charge in [0.05, 0.1) is 0 Å². The van der Waals surface area contributed by atoms with Gasteiger partial charge in [-0.15, -0.1) is 0 Å². The Morgan fingerprint density at radius 1 is 0.917 bits per heavy atom. The molecule has 0 saturated carbocycles. The maximum Gasteiger partial charge on any atom is 0.270 e. The van der Waals surface area contributed by atoms with Crippen molar-refractivity contribution < 1.29 is 19.1 Å². The maximum absolute atomic E-state index is 13.8. The summed E-state index contributed by atoms with van der Waals surface area (Å²) >= 11 is 0. The zero-order valence-electron chi connectivity index (χ0n) is 19.6. The number of hydrogen-bond acceptors (Lipinski definition) is 5. The van der Waals surface area contributed by atoms with E-state index in [1.54, 1.807) is 59.5 Å². The second-order valence-corrected chi connectivity index (χ2v) is 9.40. The van der Waals surface area contributed by atoms with Crippen molar-refractivity contribution in [3.05, 3.63) is 99.6 Å². The molecule has 8 nitrogen and oxygen atoms in total. The van der Waals surface area contributed by atoms with Gasteiger partial charge < -0.3 is 24.3 Å². The summed E-state index contributed by atoms with van der Waals surface area (Å²) in [5.41, 5.74) is 2.33. The van der Waals surface area contributed by atoms with Crippen molar-refractivity contribution in [3.8, 4) is 11.5 Å². The van der Waals surface area contributed by atoms with Crippen LogP contribution in [0.5, 0.6) is 11.5 Å². The van der Waals surface area contributed by atoms with Crippen LogP contribution < -0.4 is 20.3 Å². The smallest absolute Gasteiger partial charge is 0.270 e. The minimum atomic E-state index is -0.356. The van der Waals surface area contributed by atoms with Gasteiger partial charge in [0.2, 0.25) is 6.79 Å². The number of benzene rings is 2. The number of carbonyl (C=O) groups is 2. The molecular formula is C28H25N3O5. The summed E-state index contributed by atoms with van der Waals surface area (Å²) in [5.74, 6) is 0.887. The third-order valence-corrected chi connectivity index (χ3v) is 6.99. The lowest BCUT2D eigenvalue weighted by Crippen LogP contribution is -2.50. The Hall–Kier alpha value is -4.33. The monoisotopic (exact) mass is 483 g/mol. The van der Waals surface area contributed by atoms with Crippen LogP contribution in [0.25, 0.3) is 6.08 Å². The summed E-state index contributed by atoms with van der Waals surface area (Å²) in [6, 6.07) is 19.5. The highest BCUT2D eigenvalue weighted by molar-refractivity contribution is 6.05. The molecule has 8 heteroatoms. The van der Waals surface area contributed by atoms with Gasteiger partial charge in [-0.1, -0.05) is 30.3 Å². The van der Waals surface area contributed by atoms with Crippen LogP contribution in [0.4, 0.5) is 0 Å². The zero-order chi connectivity index (χ0) is 24.6. The standard InChI is InChI=1S/C28H25N3O5/c32-26-8-4-7-23-21-11-19(15-31(23)26)14-30(16-21)28(34)22(29-27(33)20-5-2-1-3-6-20)12-18-9-10-24-25(13-18)36-17-35-24/h1-10,12-13,19,21H,11,14-17H2,(H,29,33)/b22-12-/t19-,21-/m0/s1. The Morgan fingerprint density at radius 3 is 2.61 bits per heavy atom. The number of rotatable bonds is 4. The molecule has 2 amide bonds. The van der Waals surface area contributed by atoms with E-state index in [9.17, 15) is 14.4 Å². The first-order valence-electron chi connectivity index (χ1n) is 12.0. The van der Waals surface area contributed by atoms with Gasteiger partial charge in [-0.2, -0.15) is 0 Å². The van der Waals surface area contributed by atoms with Crippen molar-refractivity contribution in [1.29, 1.82) is 0 Å². The van der Waals surface area contributed by atoms with Crippen LogP contribution in [0.1, 0.15) is 34.0 Å². The molecule has 6 rings (SSSR count). The fraction of sp³-hybridized carbons (Fsp3) is 0.250. The lowest BCUT2D eigenvalue weighted by atomic mass is 9.83. The first-order valence-corrected chi connectivity index (χ1v) is 12.0. The van der Waals surface area contributed by atoms with Crippen LogP contribution in [0.3, 0.4) is 0 Å². The number of likely N-dealkylation sites (tertiary alicyclic amines) is 1. The van der Waals surface area contributed by atoms with E-state index in [0.717, 1.165) is 12.1 Å². The molecule has 36 heavy (non-hydrogen) atoms. The molecule has 1 fully saturated rings. The summed E-state index contributed by atoms with van der Waals surface area (Å²) in [6.07, 6.45) is 2.61. The zero-order valence-corrected chi connectivity index (χ0v) is 19.6. The fourth-order valence-corrected chi connectivity index (χ4v) is 5.34. The van der Waals surface area contributed by atoms with Crippen LogP contribution in [0, 0.1) is 5.92 Å². The third kappa shape index (κ3) is 4.15. The average Bonchev–Trinajstić information content (AvgIpc) is 3.37. The van der Waals surface area contributed by atoms with Crippen molar-refractivity contribution in [3.63, 3.8) is 0 Å². The molecule has 2 aromatic carbocycles. The second kappa shape index (κ2) is 9.03. The maximum atomic E-state index is 13.8. The van der Waals surface area contributed by atoms with Gasteiger partial charge in [0, 0.05) is 42.9 Å². The first kappa shape index (κ1) is 22.2. The SMILES string of the molecule is O=C(N/C(=C\c1ccc2c(c1)OCO2)C(=O)N1C[C@@H]2C[C@@H](C1)c1cccc(=O)n1C2)c1ccccc1. The van der Waals surface area contributed by atoms with Crippen LogP contribution in [0.2, 0.25) is 0 Å². The molecule has 3 aliphatic heterocycles. The van der Waals surface area contributed by atoms with E-state index in [1.165, 1.54) is 0 Å². The Morgan fingerprint density at radius 2 is 1.75 bits per heavy atom. The number of hydrogen-bond donors (Lipinski definition) is 1. The van der Waals surface area contributed by atoms with Crippen molar-refractivity contribution in [2.75, 3.05) is 19.9 Å². The summed E-state index contributed by atoms with van der Waals surface area (Å²) in [6.45, 7) is 1.75. The average molecular weight is 484 g/mol. The predicted molar refractivity (Wildman–Crippen MR) is 133 cm³/mol. The number of fused-ring (bicyclic) bond motifs is 5. The van der Waals surface area contributed by atoms with Crippen LogP contribution in [-0.2, 0) is 11.3 Å². The number of amides is 2. The van der Waals surface area contributed by atoms with Crippen molar-refractivity contribution in [2.45, 2.75) is 18.9 Å². The Kier molecular flexibility index (Phi) is 5.56. The Bertz CT molecular complexity index is 1430. The minimum absolute atomic E-state index is 0.000457. The molecule has 1 saturated heterocycles. The van der Waals surface area contributed by atoms with E-state index in [2.05, 4.69) is 5.32 Å². The molecule has 1 N–H and O–H groups in total. The third-order valence-electron chi connectivity index (χ3n) is 6.99. The van der Waals surface area contributed by atoms with Gasteiger partial charge in [-0.3, -0.25) is 14.4 Å². The van der Waals surface area contributed by atoms with Gasteiger partial charge in [0.25, 0.3) is 17.4 Å². The van der Waals surface area contributed by atoms with E-state index in [4.69, 9.17) is 9.47 Å². The van der Waals surface area contributed by atoms with Gasteiger partial charge in [0.15, 0.2) is 11.5 Å². The lowest BCUT2D eigenvalue weighted by Gasteiger charge is -2.43. The van der Waals surface area contributed by atoms with Gasteiger partial charge in [-0.25, -0.2) is 0 Å². The van der Waals surface area contributed by atoms with E-state index < -0.39 is 0 Å². The van der Waals surface area contributed by atoms with Gasteiger partial charge in [0.1, 0.15) is 5.70 Å². The molecular weight excluding hydrogens is 458 g/mol. The van der Waals surface area contributed by atoms with Crippen molar-refractivity contribution in [2.24, 2.45) is 5.92 Å². The highest BCUT2D eigenvalue weighted by atomic mass is 16.7. The number of carbonyl (C=O) groups excluding carboxylic acids is 2. The van der Waals surface area contributed by atoms with Gasteiger partial charge >= 0.3 is 0 Å². The number of piperidine rings is 1. The molecule has 0 radical (unpaired) electrons. The van der Waals surface area contributed by atoms with Crippen molar-refractivity contribution in [1.82, 2.24) is 14.8 Å². The molecule has 0 aliphatic carbocycles. The topological polar surface area (TPSA) is 89.9 Å². The van der Waals surface area contributed by atoms with Gasteiger partial charge in [-0.05, 0) is 54.3 Å².